The Balaban J connectivity index is 2.26. The van der Waals surface area contributed by atoms with Gasteiger partial charge in [-0.3, -0.25) is 10.1 Å². The lowest BCUT2D eigenvalue weighted by Crippen LogP contribution is -2.04. The molecule has 0 amide bonds. The number of rotatable bonds is 2. The summed E-state index contributed by atoms with van der Waals surface area (Å²) in [7, 11) is 5.74. The molecule has 19 heavy (non-hydrogen) atoms. The van der Waals surface area contributed by atoms with Crippen LogP contribution in [0.5, 0.6) is 0 Å². The van der Waals surface area contributed by atoms with Gasteiger partial charge < -0.3 is 4.98 Å². The molecule has 0 spiro atoms. The second-order valence-corrected chi connectivity index (χ2v) is 4.31. The highest BCUT2D eigenvalue weighted by molar-refractivity contribution is 6.33. The molecule has 0 saturated carbocycles. The fourth-order valence-electron chi connectivity index (χ4n) is 2.23. The summed E-state index contributed by atoms with van der Waals surface area (Å²) in [4.78, 5) is 13.6. The van der Waals surface area contributed by atoms with Crippen molar-refractivity contribution < 1.29 is 4.92 Å². The average molecular weight is 248 g/mol. The fourth-order valence-corrected chi connectivity index (χ4v) is 2.23. The van der Waals surface area contributed by atoms with E-state index in [1.54, 1.807) is 6.07 Å². The molecule has 0 aliphatic heterocycles. The summed E-state index contributed by atoms with van der Waals surface area (Å²) in [5, 5.41) is 11.9. The van der Waals surface area contributed by atoms with E-state index in [0.717, 1.165) is 22.0 Å². The summed E-state index contributed by atoms with van der Waals surface area (Å²) in [6, 6.07) is 12.4. The SMILES string of the molecule is [B]c1cc(-c2cccc3[nH]ccc23)cc([N+](=O)[O-])c1. The lowest BCUT2D eigenvalue weighted by molar-refractivity contribution is -0.384. The van der Waals surface area contributed by atoms with Crippen molar-refractivity contribution in [1.29, 1.82) is 0 Å². The summed E-state index contributed by atoms with van der Waals surface area (Å²) in [6.45, 7) is 0. The van der Waals surface area contributed by atoms with Crippen LogP contribution in [0.2, 0.25) is 0 Å². The number of aromatic nitrogens is 1. The van der Waals surface area contributed by atoms with Crippen LogP contribution in [0.25, 0.3) is 22.0 Å². The van der Waals surface area contributed by atoms with Gasteiger partial charge in [0.05, 0.1) is 4.92 Å². The molecule has 2 radical (unpaired) electrons. The number of hydrogen-bond acceptors (Lipinski definition) is 2. The molecule has 1 N–H and O–H groups in total. The van der Waals surface area contributed by atoms with Crippen molar-refractivity contribution in [2.45, 2.75) is 0 Å². The van der Waals surface area contributed by atoms with Gasteiger partial charge in [0.25, 0.3) is 5.69 Å². The number of nitrogens with zero attached hydrogens (tertiary/aromatic N) is 1. The molecule has 4 nitrogen and oxygen atoms in total. The van der Waals surface area contributed by atoms with E-state index in [2.05, 4.69) is 4.98 Å². The molecule has 0 bridgehead atoms. The maximum Gasteiger partial charge on any atom is 0.269 e. The Hall–Kier alpha value is -2.56. The maximum absolute atomic E-state index is 10.9. The highest BCUT2D eigenvalue weighted by atomic mass is 16.6. The van der Waals surface area contributed by atoms with Crippen LogP contribution < -0.4 is 5.46 Å². The number of hydrogen-bond donors (Lipinski definition) is 1. The topological polar surface area (TPSA) is 58.9 Å². The number of fused-ring (bicyclic) bond motifs is 1. The first kappa shape index (κ1) is 11.5. The van der Waals surface area contributed by atoms with Crippen molar-refractivity contribution >= 4 is 29.9 Å². The van der Waals surface area contributed by atoms with Crippen LogP contribution in [-0.2, 0) is 0 Å². The standard InChI is InChI=1S/C14H9BN2O2/c15-10-6-9(7-11(8-10)17(18)19)12-2-1-3-14-13(12)4-5-16-14/h1-8,16H. The fraction of sp³-hybridized carbons (Fsp3) is 0. The number of nitro benzene ring substituents is 1. The molecule has 3 aromatic rings. The van der Waals surface area contributed by atoms with Gasteiger partial charge in [-0.1, -0.05) is 23.7 Å². The van der Waals surface area contributed by atoms with Crippen LogP contribution in [0, 0.1) is 10.1 Å². The van der Waals surface area contributed by atoms with Gasteiger partial charge in [-0.15, -0.1) is 0 Å². The van der Waals surface area contributed by atoms with Gasteiger partial charge in [0.2, 0.25) is 0 Å². The smallest absolute Gasteiger partial charge is 0.269 e. The second kappa shape index (κ2) is 4.28. The van der Waals surface area contributed by atoms with E-state index in [0.29, 0.717) is 5.46 Å². The van der Waals surface area contributed by atoms with E-state index < -0.39 is 4.92 Å². The van der Waals surface area contributed by atoms with Crippen LogP contribution in [0.15, 0.2) is 48.7 Å². The molecular weight excluding hydrogens is 239 g/mol. The molecule has 1 heterocycles. The van der Waals surface area contributed by atoms with E-state index in [9.17, 15) is 10.1 Å². The molecule has 3 rings (SSSR count). The van der Waals surface area contributed by atoms with Gasteiger partial charge in [0.1, 0.15) is 7.85 Å². The van der Waals surface area contributed by atoms with Crippen molar-refractivity contribution in [3.05, 3.63) is 58.8 Å². The van der Waals surface area contributed by atoms with Crippen molar-refractivity contribution in [2.24, 2.45) is 0 Å². The third kappa shape index (κ3) is 1.99. The number of non-ortho nitro benzene ring substituents is 1. The Morgan fingerprint density at radius 1 is 1.16 bits per heavy atom. The largest absolute Gasteiger partial charge is 0.361 e. The van der Waals surface area contributed by atoms with Crippen molar-refractivity contribution in [3.63, 3.8) is 0 Å². The van der Waals surface area contributed by atoms with E-state index >= 15 is 0 Å². The highest BCUT2D eigenvalue weighted by Gasteiger charge is 2.11. The maximum atomic E-state index is 10.9. The zero-order valence-corrected chi connectivity index (χ0v) is 9.96. The van der Waals surface area contributed by atoms with Gasteiger partial charge in [-0.05, 0) is 23.3 Å². The molecule has 0 atom stereocenters. The molecule has 0 saturated heterocycles. The summed E-state index contributed by atoms with van der Waals surface area (Å²) in [6.07, 6.45) is 1.84. The number of nitrogens with one attached hydrogen (secondary N) is 1. The molecule has 1 aromatic heterocycles. The summed E-state index contributed by atoms with van der Waals surface area (Å²) >= 11 is 0. The number of nitro groups is 1. The predicted octanol–water partition coefficient (Wildman–Crippen LogP) is 2.54. The molecule has 5 heteroatoms. The minimum absolute atomic E-state index is 0.00235. The number of benzene rings is 2. The highest BCUT2D eigenvalue weighted by Crippen LogP contribution is 2.29. The Bertz CT molecular complexity index is 780. The minimum atomic E-state index is -0.433. The van der Waals surface area contributed by atoms with Crippen molar-refractivity contribution in [2.75, 3.05) is 0 Å². The summed E-state index contributed by atoms with van der Waals surface area (Å²) < 4.78 is 0. The summed E-state index contributed by atoms with van der Waals surface area (Å²) in [5.74, 6) is 0. The van der Waals surface area contributed by atoms with E-state index in [1.165, 1.54) is 12.1 Å². The van der Waals surface area contributed by atoms with Crippen LogP contribution in [-0.4, -0.2) is 17.8 Å². The van der Waals surface area contributed by atoms with Crippen molar-refractivity contribution in [3.8, 4) is 11.1 Å². The van der Waals surface area contributed by atoms with Gasteiger partial charge >= 0.3 is 0 Å². The lowest BCUT2D eigenvalue weighted by atomic mass is 9.90. The zero-order chi connectivity index (χ0) is 13.4. The van der Waals surface area contributed by atoms with Crippen LogP contribution in [0.1, 0.15) is 0 Å². The molecule has 0 unspecified atom stereocenters. The van der Waals surface area contributed by atoms with Gasteiger partial charge in [0.15, 0.2) is 0 Å². The van der Waals surface area contributed by atoms with E-state index in [4.69, 9.17) is 7.85 Å². The first-order chi connectivity index (χ1) is 9.15. The Kier molecular flexibility index (Phi) is 2.60. The van der Waals surface area contributed by atoms with E-state index in [1.807, 2.05) is 30.5 Å². The lowest BCUT2D eigenvalue weighted by Gasteiger charge is -2.05. The minimum Gasteiger partial charge on any atom is -0.361 e. The summed E-state index contributed by atoms with van der Waals surface area (Å²) in [5.41, 5.74) is 3.05. The van der Waals surface area contributed by atoms with Crippen molar-refractivity contribution in [1.82, 2.24) is 4.98 Å². The van der Waals surface area contributed by atoms with Gasteiger partial charge in [-0.2, -0.15) is 0 Å². The predicted molar refractivity (Wildman–Crippen MR) is 75.8 cm³/mol. The van der Waals surface area contributed by atoms with Gasteiger partial charge in [-0.25, -0.2) is 0 Å². The molecule has 0 aliphatic rings. The molecule has 0 aliphatic carbocycles. The normalized spacial score (nSPS) is 10.7. The number of aromatic amines is 1. The third-order valence-electron chi connectivity index (χ3n) is 3.06. The molecule has 90 valence electrons. The van der Waals surface area contributed by atoms with Crippen LogP contribution in [0.4, 0.5) is 5.69 Å². The van der Waals surface area contributed by atoms with E-state index in [-0.39, 0.29) is 5.69 Å². The Labute approximate surface area is 110 Å². The first-order valence-electron chi connectivity index (χ1n) is 5.76. The average Bonchev–Trinajstić information content (AvgIpc) is 2.85. The molecule has 0 fully saturated rings. The molecule has 2 aromatic carbocycles. The van der Waals surface area contributed by atoms with Crippen LogP contribution in [0.3, 0.4) is 0 Å². The first-order valence-corrected chi connectivity index (χ1v) is 5.76. The Morgan fingerprint density at radius 2 is 2.00 bits per heavy atom. The second-order valence-electron chi connectivity index (χ2n) is 4.31. The monoisotopic (exact) mass is 248 g/mol. The number of H-pyrrole nitrogens is 1. The molecular formula is C14H9BN2O2. The third-order valence-corrected chi connectivity index (χ3v) is 3.06. The van der Waals surface area contributed by atoms with Gasteiger partial charge in [0, 0.05) is 29.2 Å². The quantitative estimate of drug-likeness (QED) is 0.430. The van der Waals surface area contributed by atoms with Crippen LogP contribution >= 0.6 is 0 Å². The Morgan fingerprint density at radius 3 is 2.79 bits per heavy atom. The zero-order valence-electron chi connectivity index (χ0n) is 9.96.